The summed E-state index contributed by atoms with van der Waals surface area (Å²) in [7, 11) is 0. The van der Waals surface area contributed by atoms with Crippen LogP contribution >= 0.6 is 12.2 Å². The number of nitrogens with one attached hydrogen (secondary N) is 1. The van der Waals surface area contributed by atoms with Crippen LogP contribution in [0.2, 0.25) is 0 Å². The van der Waals surface area contributed by atoms with E-state index in [1.807, 2.05) is 18.3 Å². The molecule has 28 heavy (non-hydrogen) atoms. The minimum atomic E-state index is 0.0178. The summed E-state index contributed by atoms with van der Waals surface area (Å²) < 4.78 is 2.34. The highest BCUT2D eigenvalue weighted by atomic mass is 32.1. The number of benzene rings is 1. The van der Waals surface area contributed by atoms with Gasteiger partial charge in [-0.05, 0) is 61.5 Å². The molecule has 1 aliphatic heterocycles. The van der Waals surface area contributed by atoms with E-state index in [1.165, 1.54) is 17.1 Å². The monoisotopic (exact) mass is 390 g/mol. The number of thiocarbonyl (C=S) groups is 1. The van der Waals surface area contributed by atoms with E-state index < -0.39 is 0 Å². The van der Waals surface area contributed by atoms with Gasteiger partial charge in [0, 0.05) is 29.8 Å². The van der Waals surface area contributed by atoms with Crippen molar-refractivity contribution in [1.82, 2.24) is 19.8 Å². The molecule has 4 rings (SSSR count). The predicted octanol–water partition coefficient (Wildman–Crippen LogP) is 4.81. The third-order valence-electron chi connectivity index (χ3n) is 5.18. The molecule has 2 atom stereocenters. The number of aromatic nitrogens is 2. The second kappa shape index (κ2) is 7.76. The van der Waals surface area contributed by atoms with Gasteiger partial charge in [0.25, 0.3) is 0 Å². The third-order valence-corrected chi connectivity index (χ3v) is 5.54. The predicted molar refractivity (Wildman–Crippen MR) is 118 cm³/mol. The molecule has 1 aromatic carbocycles. The van der Waals surface area contributed by atoms with Crippen molar-refractivity contribution in [3.63, 3.8) is 0 Å². The van der Waals surface area contributed by atoms with Gasteiger partial charge in [-0.1, -0.05) is 38.1 Å². The molecule has 3 heterocycles. The van der Waals surface area contributed by atoms with Gasteiger partial charge in [0.1, 0.15) is 0 Å². The topological polar surface area (TPSA) is 33.1 Å². The summed E-state index contributed by atoms with van der Waals surface area (Å²) in [5, 5.41) is 4.34. The Morgan fingerprint density at radius 3 is 2.46 bits per heavy atom. The molecule has 0 radical (unpaired) electrons. The van der Waals surface area contributed by atoms with Crippen LogP contribution in [0.5, 0.6) is 0 Å². The van der Waals surface area contributed by atoms with Crippen LogP contribution in [0.25, 0.3) is 5.69 Å². The Hall–Kier alpha value is -2.66. The number of hydrogen-bond acceptors (Lipinski definition) is 2. The van der Waals surface area contributed by atoms with Crippen LogP contribution in [0, 0.1) is 12.8 Å². The number of para-hydroxylation sites is 1. The highest BCUT2D eigenvalue weighted by Crippen LogP contribution is 2.40. The molecule has 0 saturated carbocycles. The zero-order chi connectivity index (χ0) is 19.7. The molecule has 1 fully saturated rings. The van der Waals surface area contributed by atoms with Crippen LogP contribution in [0.3, 0.4) is 0 Å². The second-order valence-electron chi connectivity index (χ2n) is 7.74. The van der Waals surface area contributed by atoms with Gasteiger partial charge in [-0.3, -0.25) is 4.98 Å². The fraction of sp³-hybridized carbons (Fsp3) is 0.304. The van der Waals surface area contributed by atoms with E-state index in [2.05, 4.69) is 89.1 Å². The van der Waals surface area contributed by atoms with Crippen LogP contribution in [0.15, 0.2) is 66.9 Å². The summed E-state index contributed by atoms with van der Waals surface area (Å²) in [6.45, 7) is 7.52. The van der Waals surface area contributed by atoms with Gasteiger partial charge >= 0.3 is 0 Å². The van der Waals surface area contributed by atoms with Gasteiger partial charge < -0.3 is 14.8 Å². The zero-order valence-electron chi connectivity index (χ0n) is 16.5. The molecule has 1 aliphatic rings. The standard InChI is InChI=1S/C23H26N4S/c1-16(2)15-26-22(21(25-23(26)28)19-11-7-8-14-24-19)20-13-12-17(3)27(20)18-9-5-4-6-10-18/h4-14,16,21-22H,15H2,1-3H3,(H,25,28)/t21-,22-/m0/s1. The van der Waals surface area contributed by atoms with E-state index in [4.69, 9.17) is 12.2 Å². The van der Waals surface area contributed by atoms with Gasteiger partial charge in [0.15, 0.2) is 5.11 Å². The normalized spacial score (nSPS) is 19.3. The van der Waals surface area contributed by atoms with E-state index in [0.717, 1.165) is 17.4 Å². The smallest absolute Gasteiger partial charge is 0.170 e. The molecule has 0 amide bonds. The molecular formula is C23H26N4S. The highest BCUT2D eigenvalue weighted by Gasteiger charge is 2.41. The molecule has 0 unspecified atom stereocenters. The van der Waals surface area contributed by atoms with Crippen LogP contribution in [-0.4, -0.2) is 26.1 Å². The van der Waals surface area contributed by atoms with Crippen molar-refractivity contribution in [2.75, 3.05) is 6.54 Å². The molecule has 144 valence electrons. The summed E-state index contributed by atoms with van der Waals surface area (Å²) in [6.07, 6.45) is 1.85. The summed E-state index contributed by atoms with van der Waals surface area (Å²) in [6, 6.07) is 21.1. The van der Waals surface area contributed by atoms with E-state index in [-0.39, 0.29) is 12.1 Å². The van der Waals surface area contributed by atoms with Crippen molar-refractivity contribution in [3.05, 3.63) is 83.9 Å². The van der Waals surface area contributed by atoms with Crippen molar-refractivity contribution in [1.29, 1.82) is 0 Å². The minimum Gasteiger partial charge on any atom is -0.352 e. The van der Waals surface area contributed by atoms with Crippen LogP contribution < -0.4 is 5.32 Å². The van der Waals surface area contributed by atoms with Gasteiger partial charge in [-0.2, -0.15) is 0 Å². The largest absolute Gasteiger partial charge is 0.352 e. The van der Waals surface area contributed by atoms with Crippen molar-refractivity contribution in [2.24, 2.45) is 5.92 Å². The lowest BCUT2D eigenvalue weighted by molar-refractivity contribution is 0.280. The molecule has 5 heteroatoms. The molecule has 0 spiro atoms. The molecule has 0 aliphatic carbocycles. The van der Waals surface area contributed by atoms with Gasteiger partial charge in [-0.15, -0.1) is 0 Å². The van der Waals surface area contributed by atoms with Crippen molar-refractivity contribution >= 4 is 17.3 Å². The summed E-state index contributed by atoms with van der Waals surface area (Å²) in [4.78, 5) is 6.96. The first-order valence-corrected chi connectivity index (χ1v) is 10.2. The number of pyridine rings is 1. The Morgan fingerprint density at radius 2 is 1.79 bits per heavy atom. The fourth-order valence-corrected chi connectivity index (χ4v) is 4.35. The molecule has 1 saturated heterocycles. The van der Waals surface area contributed by atoms with E-state index >= 15 is 0 Å². The molecule has 1 N–H and O–H groups in total. The Labute approximate surface area is 172 Å². The van der Waals surface area contributed by atoms with Gasteiger partial charge in [-0.25, -0.2) is 0 Å². The van der Waals surface area contributed by atoms with Gasteiger partial charge in [0.2, 0.25) is 0 Å². The Balaban J connectivity index is 1.85. The number of rotatable bonds is 5. The van der Waals surface area contributed by atoms with Crippen LogP contribution in [0.4, 0.5) is 0 Å². The molecule has 2 aromatic heterocycles. The maximum Gasteiger partial charge on any atom is 0.170 e. The van der Waals surface area contributed by atoms with Crippen LogP contribution in [0.1, 0.15) is 43.0 Å². The Morgan fingerprint density at radius 1 is 1.04 bits per heavy atom. The molecular weight excluding hydrogens is 364 g/mol. The lowest BCUT2D eigenvalue weighted by Crippen LogP contribution is -2.33. The fourth-order valence-electron chi connectivity index (χ4n) is 4.04. The molecule has 3 aromatic rings. The zero-order valence-corrected chi connectivity index (χ0v) is 17.4. The van der Waals surface area contributed by atoms with Crippen molar-refractivity contribution in [2.45, 2.75) is 32.9 Å². The SMILES string of the molecule is Cc1ccc([C@H]2[C@H](c3ccccn3)NC(=S)N2CC(C)C)n1-c1ccccc1. The lowest BCUT2D eigenvalue weighted by atomic mass is 10.0. The van der Waals surface area contributed by atoms with E-state index in [1.54, 1.807) is 0 Å². The highest BCUT2D eigenvalue weighted by molar-refractivity contribution is 7.80. The first-order valence-electron chi connectivity index (χ1n) is 9.78. The average molecular weight is 391 g/mol. The van der Waals surface area contributed by atoms with Crippen LogP contribution in [-0.2, 0) is 0 Å². The summed E-state index contributed by atoms with van der Waals surface area (Å²) in [5.41, 5.74) is 4.62. The third kappa shape index (κ3) is 3.42. The van der Waals surface area contributed by atoms with E-state index in [0.29, 0.717) is 5.92 Å². The molecule has 0 bridgehead atoms. The van der Waals surface area contributed by atoms with Crippen molar-refractivity contribution < 1.29 is 0 Å². The number of aryl methyl sites for hydroxylation is 1. The average Bonchev–Trinajstić information content (AvgIpc) is 3.23. The minimum absolute atomic E-state index is 0.0178. The molecule has 4 nitrogen and oxygen atoms in total. The Bertz CT molecular complexity index is 949. The number of nitrogens with zero attached hydrogens (tertiary/aromatic N) is 3. The summed E-state index contributed by atoms with van der Waals surface area (Å²) in [5.74, 6) is 0.506. The Kier molecular flexibility index (Phi) is 5.18. The first-order chi connectivity index (χ1) is 13.6. The summed E-state index contributed by atoms with van der Waals surface area (Å²) >= 11 is 5.76. The second-order valence-corrected chi connectivity index (χ2v) is 8.13. The lowest BCUT2D eigenvalue weighted by Gasteiger charge is -2.30. The van der Waals surface area contributed by atoms with Crippen molar-refractivity contribution in [3.8, 4) is 5.69 Å². The maximum absolute atomic E-state index is 5.76. The quantitative estimate of drug-likeness (QED) is 0.634. The maximum atomic E-state index is 5.76. The van der Waals surface area contributed by atoms with E-state index in [9.17, 15) is 0 Å². The number of hydrogen-bond donors (Lipinski definition) is 1. The van der Waals surface area contributed by atoms with Gasteiger partial charge in [0.05, 0.1) is 17.8 Å². The first kappa shape index (κ1) is 18.7.